The number of aliphatic hydroxyl groups excluding tert-OH is 1. The van der Waals surface area contributed by atoms with Gasteiger partial charge >= 0.3 is 0 Å². The molecule has 1 saturated heterocycles. The van der Waals surface area contributed by atoms with Crippen LogP contribution in [0, 0.1) is 0 Å². The molecule has 2 atom stereocenters. The molecule has 1 aromatic heterocycles. The quantitative estimate of drug-likeness (QED) is 0.745. The number of rotatable bonds is 3. The normalized spacial score (nSPS) is 28.1. The van der Waals surface area contributed by atoms with E-state index in [9.17, 15) is 0 Å². The highest BCUT2D eigenvalue weighted by molar-refractivity contribution is 4.99. The van der Waals surface area contributed by atoms with Gasteiger partial charge < -0.3 is 19.0 Å². The fourth-order valence-corrected chi connectivity index (χ4v) is 1.30. The first-order valence-corrected chi connectivity index (χ1v) is 4.29. The standard InChI is InChI=1S/C9H12O4/c10-5-8-6-12-9(13-8)4-7-2-1-3-11-7/h1-3,8-10H,4-6H2. The fraction of sp³-hybridized carbons (Fsp3) is 0.556. The largest absolute Gasteiger partial charge is 0.469 e. The van der Waals surface area contributed by atoms with Gasteiger partial charge in [0.05, 0.1) is 25.9 Å². The van der Waals surface area contributed by atoms with Gasteiger partial charge in [-0.2, -0.15) is 0 Å². The topological polar surface area (TPSA) is 51.8 Å². The Balaban J connectivity index is 1.84. The number of hydrogen-bond acceptors (Lipinski definition) is 4. The molecule has 2 rings (SSSR count). The lowest BCUT2D eigenvalue weighted by Gasteiger charge is -2.07. The van der Waals surface area contributed by atoms with Crippen molar-refractivity contribution in [1.29, 1.82) is 0 Å². The zero-order chi connectivity index (χ0) is 9.10. The van der Waals surface area contributed by atoms with E-state index in [-0.39, 0.29) is 19.0 Å². The van der Waals surface area contributed by atoms with Crippen LogP contribution in [-0.2, 0) is 15.9 Å². The van der Waals surface area contributed by atoms with Crippen LogP contribution in [0.5, 0.6) is 0 Å². The van der Waals surface area contributed by atoms with E-state index in [0.717, 1.165) is 5.76 Å². The molecule has 0 amide bonds. The third kappa shape index (κ3) is 2.09. The predicted molar refractivity (Wildman–Crippen MR) is 44.1 cm³/mol. The van der Waals surface area contributed by atoms with Gasteiger partial charge in [0.25, 0.3) is 0 Å². The summed E-state index contributed by atoms with van der Waals surface area (Å²) in [6.07, 6.45) is 1.76. The van der Waals surface area contributed by atoms with Gasteiger partial charge in [-0.05, 0) is 12.1 Å². The summed E-state index contributed by atoms with van der Waals surface area (Å²) in [4.78, 5) is 0. The number of aliphatic hydroxyl groups is 1. The Morgan fingerprint density at radius 3 is 3.08 bits per heavy atom. The van der Waals surface area contributed by atoms with Crippen LogP contribution < -0.4 is 0 Å². The molecule has 0 saturated carbocycles. The first-order valence-electron chi connectivity index (χ1n) is 4.29. The summed E-state index contributed by atoms with van der Waals surface area (Å²) in [7, 11) is 0. The fourth-order valence-electron chi connectivity index (χ4n) is 1.30. The smallest absolute Gasteiger partial charge is 0.165 e. The highest BCUT2D eigenvalue weighted by Crippen LogP contribution is 2.15. The third-order valence-corrected chi connectivity index (χ3v) is 1.96. The van der Waals surface area contributed by atoms with Crippen molar-refractivity contribution in [3.8, 4) is 0 Å². The Kier molecular flexibility index (Phi) is 2.63. The van der Waals surface area contributed by atoms with Gasteiger partial charge in [-0.1, -0.05) is 0 Å². The second-order valence-electron chi connectivity index (χ2n) is 2.99. The highest BCUT2D eigenvalue weighted by Gasteiger charge is 2.25. The average molecular weight is 184 g/mol. The molecule has 2 unspecified atom stereocenters. The molecule has 1 aliphatic heterocycles. The van der Waals surface area contributed by atoms with E-state index >= 15 is 0 Å². The lowest BCUT2D eigenvalue weighted by Crippen LogP contribution is -2.17. The van der Waals surface area contributed by atoms with E-state index in [1.165, 1.54) is 0 Å². The van der Waals surface area contributed by atoms with Crippen molar-refractivity contribution in [2.24, 2.45) is 0 Å². The molecule has 0 radical (unpaired) electrons. The lowest BCUT2D eigenvalue weighted by atomic mass is 10.3. The number of ether oxygens (including phenoxy) is 2. The van der Waals surface area contributed by atoms with Gasteiger partial charge in [-0.15, -0.1) is 0 Å². The van der Waals surface area contributed by atoms with Crippen LogP contribution in [0.1, 0.15) is 5.76 Å². The molecular weight excluding hydrogens is 172 g/mol. The van der Waals surface area contributed by atoms with Gasteiger partial charge in [-0.25, -0.2) is 0 Å². The third-order valence-electron chi connectivity index (χ3n) is 1.96. The lowest BCUT2D eigenvalue weighted by molar-refractivity contribution is -0.0658. The van der Waals surface area contributed by atoms with E-state index in [1.54, 1.807) is 6.26 Å². The van der Waals surface area contributed by atoms with E-state index in [4.69, 9.17) is 19.0 Å². The van der Waals surface area contributed by atoms with Gasteiger partial charge in [0, 0.05) is 0 Å². The Morgan fingerprint density at radius 2 is 2.46 bits per heavy atom. The molecular formula is C9H12O4. The zero-order valence-corrected chi connectivity index (χ0v) is 7.18. The summed E-state index contributed by atoms with van der Waals surface area (Å²) in [6.45, 7) is 0.469. The summed E-state index contributed by atoms with van der Waals surface area (Å²) < 4.78 is 15.8. The van der Waals surface area contributed by atoms with Crippen LogP contribution in [0.25, 0.3) is 0 Å². The van der Waals surface area contributed by atoms with Crippen molar-refractivity contribution < 1.29 is 19.0 Å². The SMILES string of the molecule is OCC1COC(Cc2ccco2)O1. The van der Waals surface area contributed by atoms with E-state index < -0.39 is 0 Å². The van der Waals surface area contributed by atoms with Crippen LogP contribution in [0.2, 0.25) is 0 Å². The molecule has 0 bridgehead atoms. The summed E-state index contributed by atoms with van der Waals surface area (Å²) in [6, 6.07) is 3.70. The van der Waals surface area contributed by atoms with Gasteiger partial charge in [0.1, 0.15) is 11.9 Å². The van der Waals surface area contributed by atoms with Gasteiger partial charge in [0.2, 0.25) is 0 Å². The first kappa shape index (κ1) is 8.74. The van der Waals surface area contributed by atoms with Gasteiger partial charge in [-0.3, -0.25) is 0 Å². The summed E-state index contributed by atoms with van der Waals surface area (Å²) >= 11 is 0. The molecule has 1 N–H and O–H groups in total. The first-order chi connectivity index (χ1) is 6.38. The maximum Gasteiger partial charge on any atom is 0.165 e. The molecule has 1 aliphatic rings. The molecule has 0 aromatic carbocycles. The Bertz CT molecular complexity index is 244. The van der Waals surface area contributed by atoms with Crippen molar-refractivity contribution in [2.75, 3.05) is 13.2 Å². The predicted octanol–water partition coefficient (Wildman–Crippen LogP) is 0.556. The molecule has 2 heterocycles. The number of hydrogen-bond donors (Lipinski definition) is 1. The van der Waals surface area contributed by atoms with Crippen LogP contribution in [-0.4, -0.2) is 30.7 Å². The van der Waals surface area contributed by atoms with Crippen LogP contribution in [0.4, 0.5) is 0 Å². The van der Waals surface area contributed by atoms with Crippen molar-refractivity contribution in [2.45, 2.75) is 18.8 Å². The van der Waals surface area contributed by atoms with E-state index in [0.29, 0.717) is 13.0 Å². The summed E-state index contributed by atoms with van der Waals surface area (Å²) in [5.41, 5.74) is 0. The minimum absolute atomic E-state index is 0.00859. The molecule has 4 nitrogen and oxygen atoms in total. The molecule has 1 fully saturated rings. The minimum atomic E-state index is -0.275. The summed E-state index contributed by atoms with van der Waals surface area (Å²) in [5.74, 6) is 0.837. The van der Waals surface area contributed by atoms with E-state index in [1.807, 2.05) is 12.1 Å². The van der Waals surface area contributed by atoms with E-state index in [2.05, 4.69) is 0 Å². The summed E-state index contributed by atoms with van der Waals surface area (Å²) in [5, 5.41) is 8.78. The molecule has 1 aromatic rings. The van der Waals surface area contributed by atoms with Gasteiger partial charge in [0.15, 0.2) is 6.29 Å². The van der Waals surface area contributed by atoms with Crippen molar-refractivity contribution in [1.82, 2.24) is 0 Å². The molecule has 0 spiro atoms. The highest BCUT2D eigenvalue weighted by atomic mass is 16.7. The molecule has 0 aliphatic carbocycles. The molecule has 4 heteroatoms. The Morgan fingerprint density at radius 1 is 1.54 bits per heavy atom. The van der Waals surface area contributed by atoms with Crippen LogP contribution in [0.15, 0.2) is 22.8 Å². The van der Waals surface area contributed by atoms with Crippen LogP contribution >= 0.6 is 0 Å². The van der Waals surface area contributed by atoms with Crippen molar-refractivity contribution in [3.05, 3.63) is 24.2 Å². The Hall–Kier alpha value is -0.840. The second kappa shape index (κ2) is 3.91. The van der Waals surface area contributed by atoms with Crippen molar-refractivity contribution >= 4 is 0 Å². The monoisotopic (exact) mass is 184 g/mol. The molecule has 13 heavy (non-hydrogen) atoms. The van der Waals surface area contributed by atoms with Crippen molar-refractivity contribution in [3.63, 3.8) is 0 Å². The average Bonchev–Trinajstić information content (AvgIpc) is 2.76. The van der Waals surface area contributed by atoms with Crippen LogP contribution in [0.3, 0.4) is 0 Å². The maximum atomic E-state index is 8.78. The minimum Gasteiger partial charge on any atom is -0.469 e. The maximum absolute atomic E-state index is 8.78. The number of furan rings is 1. The molecule has 72 valence electrons. The second-order valence-corrected chi connectivity index (χ2v) is 2.99. The zero-order valence-electron chi connectivity index (χ0n) is 7.18. The Labute approximate surface area is 76.1 Å².